The molecule has 0 saturated carbocycles. The summed E-state index contributed by atoms with van der Waals surface area (Å²) in [7, 11) is 0. The number of rotatable bonds is 2. The second-order valence-electron chi connectivity index (χ2n) is 6.11. The van der Waals surface area contributed by atoms with Gasteiger partial charge < -0.3 is 10.5 Å². The fourth-order valence-electron chi connectivity index (χ4n) is 3.46. The standard InChI is InChI=1S/C16H22BrNOS/c1-11-2-3-13(17)8-14(11)15(18)12-4-6-19-16(9-12)5-7-20-10-16/h2-3,8,12,15H,4-7,9-10,18H2,1H3. The van der Waals surface area contributed by atoms with Gasteiger partial charge in [0.2, 0.25) is 0 Å². The van der Waals surface area contributed by atoms with Gasteiger partial charge >= 0.3 is 0 Å². The molecule has 2 saturated heterocycles. The Labute approximate surface area is 134 Å². The van der Waals surface area contributed by atoms with Crippen LogP contribution in [0.25, 0.3) is 0 Å². The first-order chi connectivity index (χ1) is 9.60. The maximum atomic E-state index is 6.61. The van der Waals surface area contributed by atoms with Crippen LogP contribution in [0.2, 0.25) is 0 Å². The summed E-state index contributed by atoms with van der Waals surface area (Å²) in [6, 6.07) is 6.55. The molecule has 0 aromatic heterocycles. The van der Waals surface area contributed by atoms with Crippen LogP contribution in [0.5, 0.6) is 0 Å². The molecule has 3 unspecified atom stereocenters. The van der Waals surface area contributed by atoms with Crippen LogP contribution >= 0.6 is 27.7 Å². The predicted octanol–water partition coefficient (Wildman–Crippen LogP) is 4.06. The molecular weight excluding hydrogens is 334 g/mol. The molecule has 4 heteroatoms. The number of nitrogens with two attached hydrogens (primary N) is 1. The van der Waals surface area contributed by atoms with Gasteiger partial charge in [0.05, 0.1) is 5.60 Å². The minimum Gasteiger partial charge on any atom is -0.374 e. The van der Waals surface area contributed by atoms with Crippen molar-refractivity contribution in [2.75, 3.05) is 18.1 Å². The van der Waals surface area contributed by atoms with Crippen molar-refractivity contribution in [3.63, 3.8) is 0 Å². The first kappa shape index (κ1) is 14.9. The van der Waals surface area contributed by atoms with Crippen molar-refractivity contribution >= 4 is 27.7 Å². The Bertz CT molecular complexity index is 487. The highest BCUT2D eigenvalue weighted by Crippen LogP contribution is 2.43. The number of halogens is 1. The van der Waals surface area contributed by atoms with Crippen molar-refractivity contribution < 1.29 is 4.74 Å². The molecule has 3 rings (SSSR count). The van der Waals surface area contributed by atoms with Crippen LogP contribution < -0.4 is 5.73 Å². The summed E-state index contributed by atoms with van der Waals surface area (Å²) < 4.78 is 7.23. The lowest BCUT2D eigenvalue weighted by atomic mass is 9.78. The van der Waals surface area contributed by atoms with Gasteiger partial charge in [0.25, 0.3) is 0 Å². The fourth-order valence-corrected chi connectivity index (χ4v) is 5.22. The van der Waals surface area contributed by atoms with Gasteiger partial charge in [0.15, 0.2) is 0 Å². The second-order valence-corrected chi connectivity index (χ2v) is 8.13. The average Bonchev–Trinajstić information content (AvgIpc) is 2.88. The summed E-state index contributed by atoms with van der Waals surface area (Å²) >= 11 is 5.59. The van der Waals surface area contributed by atoms with Crippen LogP contribution in [0.15, 0.2) is 22.7 Å². The molecule has 2 aliphatic heterocycles. The molecule has 110 valence electrons. The number of aryl methyl sites for hydroxylation is 1. The molecule has 0 radical (unpaired) electrons. The van der Waals surface area contributed by atoms with Crippen molar-refractivity contribution in [3.05, 3.63) is 33.8 Å². The van der Waals surface area contributed by atoms with E-state index in [2.05, 4.69) is 41.1 Å². The number of benzene rings is 1. The first-order valence-corrected chi connectivity index (χ1v) is 9.28. The van der Waals surface area contributed by atoms with Crippen molar-refractivity contribution in [1.82, 2.24) is 0 Å². The summed E-state index contributed by atoms with van der Waals surface area (Å²) in [6.45, 7) is 3.02. The molecule has 1 aromatic rings. The third-order valence-corrected chi connectivity index (χ3v) is 6.42. The third kappa shape index (κ3) is 2.94. The molecule has 2 heterocycles. The van der Waals surface area contributed by atoms with E-state index < -0.39 is 0 Å². The van der Waals surface area contributed by atoms with Gasteiger partial charge in [-0.25, -0.2) is 0 Å². The van der Waals surface area contributed by atoms with E-state index in [1.54, 1.807) is 0 Å². The molecule has 1 aromatic carbocycles. The van der Waals surface area contributed by atoms with Crippen LogP contribution in [-0.4, -0.2) is 23.7 Å². The van der Waals surface area contributed by atoms with E-state index in [1.165, 1.54) is 23.3 Å². The number of ether oxygens (including phenoxy) is 1. The van der Waals surface area contributed by atoms with Crippen molar-refractivity contribution in [2.24, 2.45) is 11.7 Å². The quantitative estimate of drug-likeness (QED) is 0.868. The lowest BCUT2D eigenvalue weighted by molar-refractivity contribution is -0.0834. The largest absolute Gasteiger partial charge is 0.374 e. The Kier molecular flexibility index (Phi) is 4.46. The van der Waals surface area contributed by atoms with Gasteiger partial charge in [0.1, 0.15) is 0 Å². The minimum absolute atomic E-state index is 0.116. The van der Waals surface area contributed by atoms with E-state index in [1.807, 2.05) is 11.8 Å². The summed E-state index contributed by atoms with van der Waals surface area (Å²) in [5.74, 6) is 2.92. The van der Waals surface area contributed by atoms with E-state index in [0.29, 0.717) is 5.92 Å². The molecule has 0 aliphatic carbocycles. The maximum Gasteiger partial charge on any atom is 0.0783 e. The van der Waals surface area contributed by atoms with E-state index >= 15 is 0 Å². The van der Waals surface area contributed by atoms with E-state index in [4.69, 9.17) is 10.5 Å². The summed E-state index contributed by atoms with van der Waals surface area (Å²) in [5.41, 5.74) is 9.30. The SMILES string of the molecule is Cc1ccc(Br)cc1C(N)C1CCOC2(CCSC2)C1. The zero-order chi connectivity index (χ0) is 14.2. The number of thioether (sulfide) groups is 1. The topological polar surface area (TPSA) is 35.2 Å². The van der Waals surface area contributed by atoms with Crippen LogP contribution in [0.4, 0.5) is 0 Å². The Morgan fingerprint density at radius 3 is 3.10 bits per heavy atom. The lowest BCUT2D eigenvalue weighted by Gasteiger charge is -2.40. The molecule has 1 spiro atoms. The van der Waals surface area contributed by atoms with Gasteiger partial charge in [0, 0.05) is 22.9 Å². The van der Waals surface area contributed by atoms with E-state index in [9.17, 15) is 0 Å². The molecule has 3 atom stereocenters. The molecule has 2 aliphatic rings. The Hall–Kier alpha value is -0.0300. The smallest absolute Gasteiger partial charge is 0.0783 e. The Balaban J connectivity index is 1.79. The average molecular weight is 356 g/mol. The van der Waals surface area contributed by atoms with Crippen molar-refractivity contribution in [2.45, 2.75) is 37.8 Å². The molecule has 2 N–H and O–H groups in total. The zero-order valence-corrected chi connectivity index (χ0v) is 14.3. The highest BCUT2D eigenvalue weighted by atomic mass is 79.9. The molecule has 20 heavy (non-hydrogen) atoms. The van der Waals surface area contributed by atoms with Crippen molar-refractivity contribution in [1.29, 1.82) is 0 Å². The van der Waals surface area contributed by atoms with E-state index in [0.717, 1.165) is 29.7 Å². The van der Waals surface area contributed by atoms with Gasteiger partial charge in [-0.05, 0) is 61.1 Å². The molecule has 0 bridgehead atoms. The normalized spacial score (nSPS) is 31.6. The molecule has 2 nitrogen and oxygen atoms in total. The Morgan fingerprint density at radius 1 is 1.50 bits per heavy atom. The second kappa shape index (κ2) is 5.99. The maximum absolute atomic E-state index is 6.61. The van der Waals surface area contributed by atoms with Crippen LogP contribution in [0.1, 0.15) is 36.4 Å². The van der Waals surface area contributed by atoms with Gasteiger partial charge in [-0.3, -0.25) is 0 Å². The zero-order valence-electron chi connectivity index (χ0n) is 11.9. The lowest BCUT2D eigenvalue weighted by Crippen LogP contribution is -2.42. The van der Waals surface area contributed by atoms with Crippen molar-refractivity contribution in [3.8, 4) is 0 Å². The van der Waals surface area contributed by atoms with Crippen LogP contribution in [-0.2, 0) is 4.74 Å². The number of hydrogen-bond acceptors (Lipinski definition) is 3. The number of hydrogen-bond donors (Lipinski definition) is 1. The van der Waals surface area contributed by atoms with Crippen LogP contribution in [0, 0.1) is 12.8 Å². The van der Waals surface area contributed by atoms with Crippen LogP contribution in [0.3, 0.4) is 0 Å². The summed E-state index contributed by atoms with van der Waals surface area (Å²) in [4.78, 5) is 0. The fraction of sp³-hybridized carbons (Fsp3) is 0.625. The first-order valence-electron chi connectivity index (χ1n) is 7.33. The Morgan fingerprint density at radius 2 is 2.35 bits per heavy atom. The summed E-state index contributed by atoms with van der Waals surface area (Å²) in [5, 5.41) is 0. The van der Waals surface area contributed by atoms with Gasteiger partial charge in [-0.1, -0.05) is 22.0 Å². The predicted molar refractivity (Wildman–Crippen MR) is 89.2 cm³/mol. The highest BCUT2D eigenvalue weighted by molar-refractivity contribution is 9.10. The molecule has 2 fully saturated rings. The summed E-state index contributed by atoms with van der Waals surface area (Å²) in [6.07, 6.45) is 3.39. The van der Waals surface area contributed by atoms with Gasteiger partial charge in [-0.15, -0.1) is 0 Å². The van der Waals surface area contributed by atoms with E-state index in [-0.39, 0.29) is 11.6 Å². The highest BCUT2D eigenvalue weighted by Gasteiger charge is 2.42. The third-order valence-electron chi connectivity index (χ3n) is 4.71. The minimum atomic E-state index is 0.116. The van der Waals surface area contributed by atoms with Gasteiger partial charge in [-0.2, -0.15) is 11.8 Å². The monoisotopic (exact) mass is 355 g/mol. The molecule has 0 amide bonds. The molecular formula is C16H22BrNOS.